The number of carbonyl (C=O) groups excluding carboxylic acids is 1. The van der Waals surface area contributed by atoms with Crippen LogP contribution >= 0.6 is 0 Å². The van der Waals surface area contributed by atoms with Crippen LogP contribution in [0.1, 0.15) is 31.2 Å². The van der Waals surface area contributed by atoms with Gasteiger partial charge in [0, 0.05) is 25.6 Å². The highest BCUT2D eigenvalue weighted by Crippen LogP contribution is 2.25. The van der Waals surface area contributed by atoms with Gasteiger partial charge in [-0.1, -0.05) is 36.8 Å². The molecular weight excluding hydrogens is 224 g/mol. The van der Waals surface area contributed by atoms with E-state index in [2.05, 4.69) is 12.1 Å². The van der Waals surface area contributed by atoms with Gasteiger partial charge in [-0.05, 0) is 24.8 Å². The van der Waals surface area contributed by atoms with E-state index in [1.165, 1.54) is 5.56 Å². The Balaban J connectivity index is 1.92. The lowest BCUT2D eigenvalue weighted by atomic mass is 9.85. The van der Waals surface area contributed by atoms with E-state index in [4.69, 9.17) is 5.73 Å². The van der Waals surface area contributed by atoms with E-state index in [9.17, 15) is 4.79 Å². The Labute approximate surface area is 109 Å². The maximum absolute atomic E-state index is 12.3. The van der Waals surface area contributed by atoms with E-state index in [1.54, 1.807) is 0 Å². The van der Waals surface area contributed by atoms with Gasteiger partial charge in [0.1, 0.15) is 0 Å². The van der Waals surface area contributed by atoms with Crippen molar-refractivity contribution in [2.24, 2.45) is 11.7 Å². The fourth-order valence-corrected chi connectivity index (χ4v) is 2.70. The molecule has 3 nitrogen and oxygen atoms in total. The molecule has 1 aliphatic rings. The third-order valence-electron chi connectivity index (χ3n) is 3.70. The Morgan fingerprint density at radius 2 is 2.06 bits per heavy atom. The quantitative estimate of drug-likeness (QED) is 0.888. The lowest BCUT2D eigenvalue weighted by Gasteiger charge is -2.29. The lowest BCUT2D eigenvalue weighted by molar-refractivity contribution is -0.135. The van der Waals surface area contributed by atoms with Crippen molar-refractivity contribution in [3.63, 3.8) is 0 Å². The number of carbonyl (C=O) groups is 1. The SMILES string of the molecule is CN(Cc1ccccc1)C(=O)C1CCCC(N)C1. The van der Waals surface area contributed by atoms with Crippen molar-refractivity contribution in [1.29, 1.82) is 0 Å². The van der Waals surface area contributed by atoms with Crippen LogP contribution in [0.4, 0.5) is 0 Å². The highest BCUT2D eigenvalue weighted by atomic mass is 16.2. The monoisotopic (exact) mass is 246 g/mol. The molecule has 2 rings (SSSR count). The molecule has 0 saturated heterocycles. The number of amides is 1. The minimum absolute atomic E-state index is 0.127. The summed E-state index contributed by atoms with van der Waals surface area (Å²) in [4.78, 5) is 14.1. The van der Waals surface area contributed by atoms with Gasteiger partial charge in [0.15, 0.2) is 0 Å². The van der Waals surface area contributed by atoms with Gasteiger partial charge in [-0.3, -0.25) is 4.79 Å². The molecule has 1 fully saturated rings. The second-order valence-corrected chi connectivity index (χ2v) is 5.30. The topological polar surface area (TPSA) is 46.3 Å². The fourth-order valence-electron chi connectivity index (χ4n) is 2.70. The van der Waals surface area contributed by atoms with E-state index in [0.29, 0.717) is 6.54 Å². The van der Waals surface area contributed by atoms with Crippen LogP contribution in [0.25, 0.3) is 0 Å². The van der Waals surface area contributed by atoms with Crippen LogP contribution in [0.2, 0.25) is 0 Å². The summed E-state index contributed by atoms with van der Waals surface area (Å²) < 4.78 is 0. The van der Waals surface area contributed by atoms with Crippen molar-refractivity contribution >= 4 is 5.91 Å². The zero-order chi connectivity index (χ0) is 13.0. The average Bonchev–Trinajstić information content (AvgIpc) is 2.39. The van der Waals surface area contributed by atoms with Crippen LogP contribution in [0.5, 0.6) is 0 Å². The highest BCUT2D eigenvalue weighted by Gasteiger charge is 2.27. The van der Waals surface area contributed by atoms with Gasteiger partial charge in [0.05, 0.1) is 0 Å². The third-order valence-corrected chi connectivity index (χ3v) is 3.70. The maximum Gasteiger partial charge on any atom is 0.225 e. The molecule has 3 heteroatoms. The minimum Gasteiger partial charge on any atom is -0.341 e. The van der Waals surface area contributed by atoms with Gasteiger partial charge in [-0.15, -0.1) is 0 Å². The van der Waals surface area contributed by atoms with Crippen LogP contribution in [0.15, 0.2) is 30.3 Å². The van der Waals surface area contributed by atoms with Gasteiger partial charge < -0.3 is 10.6 Å². The first-order valence-electron chi connectivity index (χ1n) is 6.71. The summed E-state index contributed by atoms with van der Waals surface area (Å²) in [5, 5.41) is 0. The predicted molar refractivity (Wildman–Crippen MR) is 72.8 cm³/mol. The summed E-state index contributed by atoms with van der Waals surface area (Å²) in [6.45, 7) is 0.686. The number of hydrogen-bond acceptors (Lipinski definition) is 2. The van der Waals surface area contributed by atoms with Crippen LogP contribution in [0.3, 0.4) is 0 Å². The number of nitrogens with two attached hydrogens (primary N) is 1. The summed E-state index contributed by atoms with van der Waals surface area (Å²) in [7, 11) is 1.88. The van der Waals surface area contributed by atoms with Gasteiger partial charge in [0.25, 0.3) is 0 Å². The van der Waals surface area contributed by atoms with E-state index >= 15 is 0 Å². The fraction of sp³-hybridized carbons (Fsp3) is 0.533. The average molecular weight is 246 g/mol. The molecule has 0 radical (unpaired) electrons. The predicted octanol–water partition coefficient (Wildman–Crippen LogP) is 2.16. The van der Waals surface area contributed by atoms with Crippen molar-refractivity contribution < 1.29 is 4.79 Å². The molecule has 2 unspecified atom stereocenters. The van der Waals surface area contributed by atoms with E-state index in [0.717, 1.165) is 25.7 Å². The molecule has 2 atom stereocenters. The van der Waals surface area contributed by atoms with Crippen molar-refractivity contribution in [1.82, 2.24) is 4.90 Å². The second kappa shape index (κ2) is 6.01. The standard InChI is InChI=1S/C15H22N2O/c1-17(11-12-6-3-2-4-7-12)15(18)13-8-5-9-14(16)10-13/h2-4,6-7,13-14H,5,8-11,16H2,1H3. The second-order valence-electron chi connectivity index (χ2n) is 5.30. The number of benzene rings is 1. The first-order chi connectivity index (χ1) is 8.66. The van der Waals surface area contributed by atoms with Crippen LogP contribution in [-0.2, 0) is 11.3 Å². The summed E-state index contributed by atoms with van der Waals surface area (Å²) in [6, 6.07) is 10.3. The molecule has 1 aromatic rings. The number of rotatable bonds is 3. The van der Waals surface area contributed by atoms with Crippen LogP contribution in [0, 0.1) is 5.92 Å². The molecule has 0 spiro atoms. The van der Waals surface area contributed by atoms with Crippen LogP contribution < -0.4 is 5.73 Å². The highest BCUT2D eigenvalue weighted by molar-refractivity contribution is 5.78. The van der Waals surface area contributed by atoms with Crippen LogP contribution in [-0.4, -0.2) is 23.9 Å². The van der Waals surface area contributed by atoms with E-state index < -0.39 is 0 Å². The van der Waals surface area contributed by atoms with E-state index in [-0.39, 0.29) is 17.9 Å². The summed E-state index contributed by atoms with van der Waals surface area (Å²) in [5.74, 6) is 0.372. The Hall–Kier alpha value is -1.35. The smallest absolute Gasteiger partial charge is 0.225 e. The molecule has 1 aromatic carbocycles. The molecule has 1 aliphatic carbocycles. The van der Waals surface area contributed by atoms with Crippen molar-refractivity contribution in [2.45, 2.75) is 38.3 Å². The maximum atomic E-state index is 12.3. The normalized spacial score (nSPS) is 23.7. The van der Waals surface area contributed by atoms with Gasteiger partial charge in [-0.2, -0.15) is 0 Å². The van der Waals surface area contributed by atoms with Crippen molar-refractivity contribution in [3.8, 4) is 0 Å². The number of hydrogen-bond donors (Lipinski definition) is 1. The molecule has 0 aliphatic heterocycles. The Morgan fingerprint density at radius 3 is 2.72 bits per heavy atom. The Bertz CT molecular complexity index is 391. The first-order valence-corrected chi connectivity index (χ1v) is 6.71. The molecule has 18 heavy (non-hydrogen) atoms. The zero-order valence-electron chi connectivity index (χ0n) is 11.0. The Morgan fingerprint density at radius 1 is 1.33 bits per heavy atom. The van der Waals surface area contributed by atoms with E-state index in [1.807, 2.05) is 30.1 Å². The molecule has 0 heterocycles. The van der Waals surface area contributed by atoms with Gasteiger partial charge in [0.2, 0.25) is 5.91 Å². The molecular formula is C15H22N2O. The first kappa shape index (κ1) is 13.1. The molecule has 1 saturated carbocycles. The molecule has 0 bridgehead atoms. The summed E-state index contributed by atoms with van der Waals surface area (Å²) in [6.07, 6.45) is 3.98. The number of nitrogens with zero attached hydrogens (tertiary/aromatic N) is 1. The zero-order valence-corrected chi connectivity index (χ0v) is 11.0. The molecule has 2 N–H and O–H groups in total. The molecule has 1 amide bonds. The van der Waals surface area contributed by atoms with Crippen molar-refractivity contribution in [2.75, 3.05) is 7.05 Å². The van der Waals surface area contributed by atoms with Gasteiger partial charge in [-0.25, -0.2) is 0 Å². The molecule has 98 valence electrons. The lowest BCUT2D eigenvalue weighted by Crippen LogP contribution is -2.38. The third kappa shape index (κ3) is 3.33. The molecule has 0 aromatic heterocycles. The van der Waals surface area contributed by atoms with Gasteiger partial charge >= 0.3 is 0 Å². The van der Waals surface area contributed by atoms with Crippen molar-refractivity contribution in [3.05, 3.63) is 35.9 Å². The summed E-state index contributed by atoms with van der Waals surface area (Å²) >= 11 is 0. The Kier molecular flexibility index (Phi) is 4.37. The minimum atomic E-state index is 0.127. The largest absolute Gasteiger partial charge is 0.341 e. The summed E-state index contributed by atoms with van der Waals surface area (Å²) in [5.41, 5.74) is 7.12.